The first-order valence-electron chi connectivity index (χ1n) is 7.27. The van der Waals surface area contributed by atoms with Crippen LogP contribution in [0.2, 0.25) is 0 Å². The van der Waals surface area contributed by atoms with Crippen LogP contribution in [0.1, 0.15) is 36.2 Å². The van der Waals surface area contributed by atoms with E-state index < -0.39 is 11.6 Å². The van der Waals surface area contributed by atoms with E-state index in [1.165, 1.54) is 12.1 Å². The number of nitrogens with one attached hydrogen (secondary N) is 1. The number of rotatable bonds is 2. The number of carbonyl (C=O) groups is 1. The van der Waals surface area contributed by atoms with E-state index in [4.69, 9.17) is 0 Å². The van der Waals surface area contributed by atoms with Gasteiger partial charge in [0.2, 0.25) is 0 Å². The van der Waals surface area contributed by atoms with Gasteiger partial charge >= 0.3 is 0 Å². The summed E-state index contributed by atoms with van der Waals surface area (Å²) in [7, 11) is 0. The molecule has 0 saturated carbocycles. The van der Waals surface area contributed by atoms with Gasteiger partial charge in [0.1, 0.15) is 11.6 Å². The van der Waals surface area contributed by atoms with Gasteiger partial charge in [-0.25, -0.2) is 8.78 Å². The molecule has 0 atom stereocenters. The lowest BCUT2D eigenvalue weighted by atomic mass is 9.73. The minimum atomic E-state index is -0.644. The molecule has 0 radical (unpaired) electrons. The zero-order valence-corrected chi connectivity index (χ0v) is 12.5. The minimum absolute atomic E-state index is 0.147. The normalized spacial score (nSPS) is 16.3. The number of Topliss-reactive ketones (excluding diaryl/α,β-unsaturated/α-hetero) is 1. The third-order valence-electron chi connectivity index (χ3n) is 4.19. The number of anilines is 2. The van der Waals surface area contributed by atoms with Crippen LogP contribution in [0.15, 0.2) is 36.4 Å². The average Bonchev–Trinajstić information content (AvgIpc) is 2.46. The lowest BCUT2D eigenvalue weighted by Crippen LogP contribution is -2.30. The highest BCUT2D eigenvalue weighted by atomic mass is 19.1. The van der Waals surface area contributed by atoms with Gasteiger partial charge in [-0.15, -0.1) is 0 Å². The summed E-state index contributed by atoms with van der Waals surface area (Å²) < 4.78 is 26.6. The second kappa shape index (κ2) is 5.20. The molecule has 3 rings (SSSR count). The molecule has 0 heterocycles. The molecule has 0 bridgehead atoms. The molecule has 0 aliphatic heterocycles. The Morgan fingerprint density at radius 1 is 1.09 bits per heavy atom. The first-order valence-corrected chi connectivity index (χ1v) is 7.27. The molecule has 2 nitrogen and oxygen atoms in total. The van der Waals surface area contributed by atoms with E-state index in [1.54, 1.807) is 12.1 Å². The average molecular weight is 301 g/mol. The van der Waals surface area contributed by atoms with E-state index in [2.05, 4.69) is 5.32 Å². The number of hydrogen-bond acceptors (Lipinski definition) is 2. The van der Waals surface area contributed by atoms with E-state index in [1.807, 2.05) is 19.9 Å². The van der Waals surface area contributed by atoms with Crippen molar-refractivity contribution in [3.63, 3.8) is 0 Å². The number of aryl methyl sites for hydroxylation is 1. The second-order valence-corrected chi connectivity index (χ2v) is 6.33. The molecule has 0 aromatic heterocycles. The Morgan fingerprint density at radius 3 is 2.59 bits per heavy atom. The molecule has 0 fully saturated rings. The number of halogens is 2. The Balaban J connectivity index is 1.90. The van der Waals surface area contributed by atoms with E-state index in [9.17, 15) is 13.6 Å². The molecule has 1 aliphatic rings. The van der Waals surface area contributed by atoms with Crippen LogP contribution in [0.3, 0.4) is 0 Å². The van der Waals surface area contributed by atoms with Crippen LogP contribution in [-0.2, 0) is 6.42 Å². The number of benzene rings is 2. The molecule has 4 heteroatoms. The van der Waals surface area contributed by atoms with Crippen LogP contribution in [0, 0.1) is 17.0 Å². The molecule has 2 aromatic carbocycles. The highest BCUT2D eigenvalue weighted by Crippen LogP contribution is 2.36. The molecule has 1 aliphatic carbocycles. The fourth-order valence-electron chi connectivity index (χ4n) is 2.77. The molecule has 2 aromatic rings. The molecule has 0 unspecified atom stereocenters. The van der Waals surface area contributed by atoms with Crippen molar-refractivity contribution in [2.24, 2.45) is 5.41 Å². The van der Waals surface area contributed by atoms with Gasteiger partial charge in [-0.05, 0) is 48.7 Å². The predicted molar refractivity (Wildman–Crippen MR) is 82.5 cm³/mol. The van der Waals surface area contributed by atoms with Gasteiger partial charge in [0.25, 0.3) is 0 Å². The molecular weight excluding hydrogens is 284 g/mol. The maximum absolute atomic E-state index is 13.7. The van der Waals surface area contributed by atoms with E-state index >= 15 is 0 Å². The molecule has 22 heavy (non-hydrogen) atoms. The molecular formula is C18H17F2NO. The topological polar surface area (TPSA) is 29.1 Å². The van der Waals surface area contributed by atoms with Crippen molar-refractivity contribution in [2.75, 3.05) is 5.32 Å². The van der Waals surface area contributed by atoms with Gasteiger partial charge in [-0.3, -0.25) is 4.79 Å². The number of ketones is 1. The van der Waals surface area contributed by atoms with Crippen LogP contribution in [0.5, 0.6) is 0 Å². The van der Waals surface area contributed by atoms with Crippen LogP contribution in [0.25, 0.3) is 0 Å². The molecule has 0 spiro atoms. The summed E-state index contributed by atoms with van der Waals surface area (Å²) in [6.45, 7) is 3.91. The number of carbonyl (C=O) groups excluding carboxylic acids is 1. The summed E-state index contributed by atoms with van der Waals surface area (Å²) in [5.74, 6) is -1.11. The Hall–Kier alpha value is -2.23. The van der Waals surface area contributed by atoms with E-state index in [-0.39, 0.29) is 16.9 Å². The first kappa shape index (κ1) is 14.7. The fraction of sp³-hybridized carbons (Fsp3) is 0.278. The summed E-state index contributed by atoms with van der Waals surface area (Å²) >= 11 is 0. The van der Waals surface area contributed by atoms with E-state index in [0.717, 1.165) is 30.0 Å². The lowest BCUT2D eigenvalue weighted by molar-refractivity contribution is 0.0811. The predicted octanol–water partition coefficient (Wildman–Crippen LogP) is 4.86. The third kappa shape index (κ3) is 2.61. The van der Waals surface area contributed by atoms with Crippen molar-refractivity contribution in [2.45, 2.75) is 26.7 Å². The quantitative estimate of drug-likeness (QED) is 0.858. The Labute approximate surface area is 128 Å². The SMILES string of the molecule is CC1(C)CCc2cc(Nc3ccc(F)cc3F)ccc2C1=O. The van der Waals surface area contributed by atoms with Crippen molar-refractivity contribution < 1.29 is 13.6 Å². The Kier molecular flexibility index (Phi) is 3.47. The molecule has 0 saturated heterocycles. The van der Waals surface area contributed by atoms with Crippen molar-refractivity contribution in [3.8, 4) is 0 Å². The largest absolute Gasteiger partial charge is 0.353 e. The highest BCUT2D eigenvalue weighted by Gasteiger charge is 2.33. The van der Waals surface area contributed by atoms with Crippen molar-refractivity contribution in [1.29, 1.82) is 0 Å². The summed E-state index contributed by atoms with van der Waals surface area (Å²) in [4.78, 5) is 12.4. The zero-order chi connectivity index (χ0) is 15.9. The number of hydrogen-bond donors (Lipinski definition) is 1. The smallest absolute Gasteiger partial charge is 0.168 e. The monoisotopic (exact) mass is 301 g/mol. The third-order valence-corrected chi connectivity index (χ3v) is 4.19. The number of fused-ring (bicyclic) bond motifs is 1. The van der Waals surface area contributed by atoms with Crippen molar-refractivity contribution >= 4 is 17.2 Å². The van der Waals surface area contributed by atoms with Gasteiger partial charge in [-0.1, -0.05) is 13.8 Å². The van der Waals surface area contributed by atoms with Gasteiger partial charge in [0.05, 0.1) is 5.69 Å². The molecule has 1 N–H and O–H groups in total. The first-order chi connectivity index (χ1) is 10.4. The second-order valence-electron chi connectivity index (χ2n) is 6.33. The highest BCUT2D eigenvalue weighted by molar-refractivity contribution is 6.02. The zero-order valence-electron chi connectivity index (χ0n) is 12.5. The Morgan fingerprint density at radius 2 is 1.86 bits per heavy atom. The van der Waals surface area contributed by atoms with Crippen LogP contribution >= 0.6 is 0 Å². The lowest BCUT2D eigenvalue weighted by Gasteiger charge is -2.29. The minimum Gasteiger partial charge on any atom is -0.353 e. The summed E-state index contributed by atoms with van der Waals surface area (Å²) in [5, 5.41) is 2.93. The molecule has 0 amide bonds. The standard InChI is InChI=1S/C18H17F2NO/c1-18(2)8-7-11-9-13(4-5-14(11)17(18)22)21-16-6-3-12(19)10-15(16)20/h3-6,9-10,21H,7-8H2,1-2H3. The van der Waals surface area contributed by atoms with Crippen LogP contribution in [0.4, 0.5) is 20.2 Å². The van der Waals surface area contributed by atoms with Crippen LogP contribution in [-0.4, -0.2) is 5.78 Å². The fourth-order valence-corrected chi connectivity index (χ4v) is 2.77. The summed E-state index contributed by atoms with van der Waals surface area (Å²) in [6, 6.07) is 8.80. The van der Waals surface area contributed by atoms with Crippen molar-refractivity contribution in [3.05, 3.63) is 59.2 Å². The molecule has 114 valence electrons. The van der Waals surface area contributed by atoms with Gasteiger partial charge < -0.3 is 5.32 Å². The maximum Gasteiger partial charge on any atom is 0.168 e. The van der Waals surface area contributed by atoms with Crippen molar-refractivity contribution in [1.82, 2.24) is 0 Å². The van der Waals surface area contributed by atoms with Gasteiger partial charge in [0.15, 0.2) is 5.78 Å². The summed E-state index contributed by atoms with van der Waals surface area (Å²) in [6.07, 6.45) is 1.61. The van der Waals surface area contributed by atoms with E-state index in [0.29, 0.717) is 5.69 Å². The maximum atomic E-state index is 13.7. The van der Waals surface area contributed by atoms with Gasteiger partial charge in [0, 0.05) is 22.7 Å². The van der Waals surface area contributed by atoms with Crippen LogP contribution < -0.4 is 5.32 Å². The summed E-state index contributed by atoms with van der Waals surface area (Å²) in [5.41, 5.74) is 2.28. The van der Waals surface area contributed by atoms with Gasteiger partial charge in [-0.2, -0.15) is 0 Å². The Bertz CT molecular complexity index is 753.